The largest absolute Gasteiger partial charge is 0.416 e. The normalized spacial score (nSPS) is 15.1. The van der Waals surface area contributed by atoms with Gasteiger partial charge in [0, 0.05) is 16.0 Å². The van der Waals surface area contributed by atoms with Gasteiger partial charge in [0.2, 0.25) is 5.91 Å². The lowest BCUT2D eigenvalue weighted by atomic mass is 9.81. The fourth-order valence-corrected chi connectivity index (χ4v) is 3.96. The highest BCUT2D eigenvalue weighted by Crippen LogP contribution is 2.39. The summed E-state index contributed by atoms with van der Waals surface area (Å²) in [4.78, 5) is 25.4. The van der Waals surface area contributed by atoms with Gasteiger partial charge >= 0.3 is 6.18 Å². The highest BCUT2D eigenvalue weighted by Gasteiger charge is 2.38. The van der Waals surface area contributed by atoms with E-state index in [-0.39, 0.29) is 11.3 Å². The number of nitrogens with one attached hydrogen (secondary N) is 1. The van der Waals surface area contributed by atoms with Gasteiger partial charge in [-0.2, -0.15) is 13.2 Å². The summed E-state index contributed by atoms with van der Waals surface area (Å²) in [7, 11) is 0. The van der Waals surface area contributed by atoms with Crippen molar-refractivity contribution in [1.82, 2.24) is 0 Å². The number of halogens is 3. The Labute approximate surface area is 185 Å². The van der Waals surface area contributed by atoms with E-state index in [1.807, 2.05) is 18.2 Å². The molecule has 0 aromatic heterocycles. The van der Waals surface area contributed by atoms with Gasteiger partial charge in [-0.25, -0.2) is 0 Å². The summed E-state index contributed by atoms with van der Waals surface area (Å²) in [5, 5.41) is 2.62. The van der Waals surface area contributed by atoms with E-state index in [1.54, 1.807) is 25.6 Å². The zero-order valence-corrected chi connectivity index (χ0v) is 19.2. The van der Waals surface area contributed by atoms with Crippen LogP contribution in [-0.2, 0) is 21.2 Å². The van der Waals surface area contributed by atoms with Gasteiger partial charge in [-0.1, -0.05) is 31.2 Å². The van der Waals surface area contributed by atoms with Gasteiger partial charge in [0.05, 0.1) is 11.0 Å². The molecule has 0 spiro atoms. The number of carbonyl (C=O) groups is 2. The molecule has 1 amide bonds. The van der Waals surface area contributed by atoms with Gasteiger partial charge in [-0.05, 0) is 69.2 Å². The van der Waals surface area contributed by atoms with Crippen LogP contribution in [-0.4, -0.2) is 17.9 Å². The molecule has 0 atom stereocenters. The van der Waals surface area contributed by atoms with Crippen molar-refractivity contribution in [2.24, 2.45) is 5.41 Å². The van der Waals surface area contributed by atoms with Crippen LogP contribution in [0.15, 0.2) is 53.0 Å². The van der Waals surface area contributed by atoms with Crippen LogP contribution in [0.3, 0.4) is 0 Å². The molecule has 0 unspecified atom stereocenters. The third kappa shape index (κ3) is 5.91. The fraction of sp³-hybridized carbons (Fsp3) is 0.417. The predicted molar refractivity (Wildman–Crippen MR) is 121 cm³/mol. The summed E-state index contributed by atoms with van der Waals surface area (Å²) in [6, 6.07) is 3.55. The van der Waals surface area contributed by atoms with Crippen LogP contribution >= 0.6 is 11.8 Å². The molecule has 0 radical (unpaired) electrons. The number of hydrogen-bond acceptors (Lipinski definition) is 3. The maximum absolute atomic E-state index is 13.6. The molecule has 0 saturated carbocycles. The zero-order chi connectivity index (χ0) is 23.4. The fourth-order valence-electron chi connectivity index (χ4n) is 3.25. The Bertz CT molecular complexity index is 941. The first kappa shape index (κ1) is 25.0. The molecule has 1 aromatic carbocycles. The second-order valence-corrected chi connectivity index (χ2v) is 9.78. The van der Waals surface area contributed by atoms with Crippen LogP contribution in [0.4, 0.5) is 18.9 Å². The lowest BCUT2D eigenvalue weighted by Crippen LogP contribution is -2.32. The van der Waals surface area contributed by atoms with E-state index in [0.29, 0.717) is 12.7 Å². The minimum atomic E-state index is -4.66. The van der Waals surface area contributed by atoms with Crippen LogP contribution in [0.25, 0.3) is 0 Å². The molecule has 31 heavy (non-hydrogen) atoms. The van der Waals surface area contributed by atoms with E-state index < -0.39 is 28.5 Å². The number of carbonyl (C=O) groups excluding carboxylic acids is 2. The van der Waals surface area contributed by atoms with E-state index in [0.717, 1.165) is 22.3 Å². The molecule has 1 aliphatic carbocycles. The minimum Gasteiger partial charge on any atom is -0.325 e. The van der Waals surface area contributed by atoms with Gasteiger partial charge in [-0.3, -0.25) is 4.79 Å². The molecule has 1 aromatic rings. The molecule has 3 nitrogen and oxygen atoms in total. The van der Waals surface area contributed by atoms with E-state index in [9.17, 15) is 22.8 Å². The van der Waals surface area contributed by atoms with Crippen LogP contribution < -0.4 is 5.32 Å². The molecule has 2 rings (SSSR count). The Morgan fingerprint density at radius 2 is 1.77 bits per heavy atom. The Kier molecular flexibility index (Phi) is 7.63. The van der Waals surface area contributed by atoms with E-state index in [2.05, 4.69) is 18.3 Å². The van der Waals surface area contributed by atoms with E-state index in [1.165, 1.54) is 26.0 Å². The lowest BCUT2D eigenvalue weighted by Gasteiger charge is -2.27. The van der Waals surface area contributed by atoms with Crippen molar-refractivity contribution in [1.29, 1.82) is 0 Å². The second kappa shape index (κ2) is 9.47. The summed E-state index contributed by atoms with van der Waals surface area (Å²) in [5.74, 6) is 0.527. The van der Waals surface area contributed by atoms with Crippen LogP contribution in [0.5, 0.6) is 0 Å². The number of benzene rings is 1. The van der Waals surface area contributed by atoms with Gasteiger partial charge < -0.3 is 10.1 Å². The Morgan fingerprint density at radius 3 is 2.35 bits per heavy atom. The Hall–Kier alpha value is -2.28. The molecule has 0 saturated heterocycles. The minimum absolute atomic E-state index is 0.0365. The molecular weight excluding hydrogens is 423 g/mol. The van der Waals surface area contributed by atoms with Crippen molar-refractivity contribution in [3.8, 4) is 0 Å². The van der Waals surface area contributed by atoms with Crippen molar-refractivity contribution in [2.45, 2.75) is 52.6 Å². The van der Waals surface area contributed by atoms with Crippen molar-refractivity contribution < 1.29 is 22.8 Å². The highest BCUT2D eigenvalue weighted by atomic mass is 32.2. The topological polar surface area (TPSA) is 46.2 Å². The van der Waals surface area contributed by atoms with Crippen LogP contribution in [0.1, 0.15) is 52.2 Å². The zero-order valence-electron chi connectivity index (χ0n) is 18.4. The summed E-state index contributed by atoms with van der Waals surface area (Å²) in [6.07, 6.45) is 4.39. The van der Waals surface area contributed by atoms with Crippen molar-refractivity contribution in [3.05, 3.63) is 64.1 Å². The van der Waals surface area contributed by atoms with E-state index in [4.69, 9.17) is 0 Å². The predicted octanol–water partition coefficient (Wildman–Crippen LogP) is 6.67. The molecule has 1 N–H and O–H groups in total. The molecule has 1 aliphatic rings. The first-order valence-corrected chi connectivity index (χ1v) is 11.0. The van der Waals surface area contributed by atoms with Gasteiger partial charge in [-0.15, -0.1) is 11.8 Å². The van der Waals surface area contributed by atoms with Crippen molar-refractivity contribution in [2.75, 3.05) is 11.1 Å². The summed E-state index contributed by atoms with van der Waals surface area (Å²) in [6.45, 7) is 8.40. The standard InChI is InChI=1S/C24H28F3NO2S/c1-6-31-18-9-7-8-16(10-12-18)23(4,5)21(30)28-17-11-13-19(22(2,3)15-29)20(14-17)24(25,26)27/h8-15H,6-7H2,1-5H3,(H,28,30). The van der Waals surface area contributed by atoms with Crippen molar-refractivity contribution in [3.63, 3.8) is 0 Å². The van der Waals surface area contributed by atoms with Gasteiger partial charge in [0.1, 0.15) is 6.29 Å². The average Bonchev–Trinajstić information content (AvgIpc) is 2.93. The molecular formula is C24H28F3NO2S. The van der Waals surface area contributed by atoms with Gasteiger partial charge in [0.15, 0.2) is 0 Å². The number of anilines is 1. The smallest absolute Gasteiger partial charge is 0.325 e. The number of amides is 1. The third-order valence-corrected chi connectivity index (χ3v) is 6.18. The third-order valence-electron chi connectivity index (χ3n) is 5.26. The first-order chi connectivity index (χ1) is 14.3. The number of thioether (sulfide) groups is 1. The monoisotopic (exact) mass is 451 g/mol. The van der Waals surface area contributed by atoms with Gasteiger partial charge in [0.25, 0.3) is 0 Å². The molecule has 0 aliphatic heterocycles. The van der Waals surface area contributed by atoms with Crippen LogP contribution in [0.2, 0.25) is 0 Å². The molecule has 7 heteroatoms. The molecule has 168 valence electrons. The number of aldehydes is 1. The maximum atomic E-state index is 13.6. The summed E-state index contributed by atoms with van der Waals surface area (Å²) < 4.78 is 40.9. The van der Waals surface area contributed by atoms with Crippen LogP contribution in [0, 0.1) is 5.41 Å². The average molecular weight is 452 g/mol. The molecule has 0 bridgehead atoms. The SMILES string of the molecule is CCSC1=CCC=C(C(C)(C)C(=O)Nc2ccc(C(C)(C)C=O)c(C(F)(F)F)c2)C=C1. The number of allylic oxidation sites excluding steroid dienone is 4. The quantitative estimate of drug-likeness (QED) is 0.471. The molecule has 0 fully saturated rings. The number of hydrogen-bond donors (Lipinski definition) is 1. The second-order valence-electron chi connectivity index (χ2n) is 8.44. The highest BCUT2D eigenvalue weighted by molar-refractivity contribution is 8.03. The summed E-state index contributed by atoms with van der Waals surface area (Å²) in [5.41, 5.74) is -2.48. The first-order valence-electron chi connectivity index (χ1n) is 10.0. The Balaban J connectivity index is 2.32. The lowest BCUT2D eigenvalue weighted by molar-refractivity contribution is -0.138. The Morgan fingerprint density at radius 1 is 1.10 bits per heavy atom. The number of rotatable bonds is 7. The number of alkyl halides is 3. The maximum Gasteiger partial charge on any atom is 0.416 e. The molecule has 0 heterocycles. The summed E-state index contributed by atoms with van der Waals surface area (Å²) >= 11 is 1.71. The van der Waals surface area contributed by atoms with E-state index >= 15 is 0 Å². The van der Waals surface area contributed by atoms with Crippen molar-refractivity contribution >= 4 is 29.6 Å².